The first kappa shape index (κ1) is 7.86. The Morgan fingerprint density at radius 1 is 1.00 bits per heavy atom. The molecule has 8 heavy (non-hydrogen) atoms. The van der Waals surface area contributed by atoms with E-state index in [-0.39, 0.29) is 13.5 Å². The molecular formula is C6H7ClS. The van der Waals surface area contributed by atoms with Crippen molar-refractivity contribution in [2.45, 2.75) is 0 Å². The van der Waals surface area contributed by atoms with Gasteiger partial charge >= 0.3 is 0 Å². The minimum Gasteiger partial charge on any atom is -0.197 e. The Bertz CT molecular complexity index is 138. The van der Waals surface area contributed by atoms with Crippen LogP contribution in [0.4, 0.5) is 0 Å². The van der Waals surface area contributed by atoms with Crippen molar-refractivity contribution in [3.63, 3.8) is 0 Å². The maximum atomic E-state index is 5.54. The molecule has 0 N–H and O–H groups in total. The van der Waals surface area contributed by atoms with Crippen molar-refractivity contribution in [2.24, 2.45) is 0 Å². The summed E-state index contributed by atoms with van der Waals surface area (Å²) in [5.41, 5.74) is 0. The molecule has 0 amide bonds. The highest BCUT2D eigenvalue weighted by atomic mass is 35.5. The molecule has 0 unspecified atom stereocenters. The summed E-state index contributed by atoms with van der Waals surface area (Å²) in [6.07, 6.45) is 0. The van der Waals surface area contributed by atoms with Crippen LogP contribution in [-0.2, 0) is 0 Å². The largest absolute Gasteiger partial charge is 0.197 e. The molecule has 1 rings (SSSR count). The van der Waals surface area contributed by atoms with Gasteiger partial charge in [-0.3, -0.25) is 0 Å². The third kappa shape index (κ3) is 2.24. The smallest absolute Gasteiger partial charge is 0.0405 e. The average molecular weight is 147 g/mol. The molecule has 0 bridgehead atoms. The summed E-state index contributed by atoms with van der Waals surface area (Å²) in [7, 11) is 0. The van der Waals surface area contributed by atoms with Crippen LogP contribution in [0.3, 0.4) is 0 Å². The van der Waals surface area contributed by atoms with Gasteiger partial charge in [0.05, 0.1) is 0 Å². The zero-order valence-electron chi connectivity index (χ0n) is 4.26. The first-order valence-corrected chi connectivity index (χ1v) is 2.48. The predicted octanol–water partition coefficient (Wildman–Crippen LogP) is 2.45. The van der Waals surface area contributed by atoms with Crippen molar-refractivity contribution in [1.82, 2.24) is 0 Å². The van der Waals surface area contributed by atoms with Crippen molar-refractivity contribution in [3.8, 4) is 0 Å². The molecule has 0 spiro atoms. The van der Waals surface area contributed by atoms with Gasteiger partial charge in [-0.2, -0.15) is 13.5 Å². The highest BCUT2D eigenvalue weighted by molar-refractivity contribution is 7.59. The highest BCUT2D eigenvalue weighted by Crippen LogP contribution is 2.03. The summed E-state index contributed by atoms with van der Waals surface area (Å²) >= 11 is 5.54. The van der Waals surface area contributed by atoms with Crippen LogP contribution in [0.2, 0.25) is 5.02 Å². The molecule has 1 aromatic rings. The number of hydrogen-bond donors (Lipinski definition) is 0. The summed E-state index contributed by atoms with van der Waals surface area (Å²) in [6, 6.07) is 9.44. The summed E-state index contributed by atoms with van der Waals surface area (Å²) in [6.45, 7) is 0. The summed E-state index contributed by atoms with van der Waals surface area (Å²) in [4.78, 5) is 0. The molecule has 0 radical (unpaired) electrons. The van der Waals surface area contributed by atoms with Gasteiger partial charge in [0.2, 0.25) is 0 Å². The Morgan fingerprint density at radius 2 is 1.50 bits per heavy atom. The summed E-state index contributed by atoms with van der Waals surface area (Å²) in [5.74, 6) is 0. The normalized spacial score (nSPS) is 7.62. The van der Waals surface area contributed by atoms with Crippen LogP contribution >= 0.6 is 25.1 Å². The lowest BCUT2D eigenvalue weighted by Crippen LogP contribution is -1.55. The number of rotatable bonds is 0. The molecule has 2 heteroatoms. The maximum absolute atomic E-state index is 5.54. The van der Waals surface area contributed by atoms with E-state index >= 15 is 0 Å². The first-order valence-electron chi connectivity index (χ1n) is 2.10. The predicted molar refractivity (Wildman–Crippen MR) is 41.8 cm³/mol. The molecule has 44 valence electrons. The van der Waals surface area contributed by atoms with Gasteiger partial charge in [0.15, 0.2) is 0 Å². The monoisotopic (exact) mass is 146 g/mol. The SMILES string of the molecule is Clc1ccccc1.S. The third-order valence-electron chi connectivity index (χ3n) is 0.733. The van der Waals surface area contributed by atoms with E-state index in [2.05, 4.69) is 0 Å². The number of benzene rings is 1. The van der Waals surface area contributed by atoms with Crippen molar-refractivity contribution in [3.05, 3.63) is 35.4 Å². The molecule has 0 fully saturated rings. The van der Waals surface area contributed by atoms with Gasteiger partial charge in [0.1, 0.15) is 0 Å². The lowest BCUT2D eigenvalue weighted by atomic mass is 10.4. The van der Waals surface area contributed by atoms with Gasteiger partial charge in [0.25, 0.3) is 0 Å². The molecule has 0 saturated carbocycles. The zero-order valence-corrected chi connectivity index (χ0v) is 6.02. The van der Waals surface area contributed by atoms with E-state index in [0.717, 1.165) is 5.02 Å². The average Bonchev–Trinajstić information content (AvgIpc) is 1.69. The molecule has 0 aliphatic heterocycles. The van der Waals surface area contributed by atoms with Crippen molar-refractivity contribution in [2.75, 3.05) is 0 Å². The van der Waals surface area contributed by atoms with Crippen LogP contribution in [0.1, 0.15) is 0 Å². The quantitative estimate of drug-likeness (QED) is 0.528. The van der Waals surface area contributed by atoms with Crippen LogP contribution in [0.25, 0.3) is 0 Å². The van der Waals surface area contributed by atoms with Crippen molar-refractivity contribution >= 4 is 25.1 Å². The van der Waals surface area contributed by atoms with Crippen molar-refractivity contribution in [1.29, 1.82) is 0 Å². The Kier molecular flexibility index (Phi) is 3.75. The van der Waals surface area contributed by atoms with E-state index in [9.17, 15) is 0 Å². The van der Waals surface area contributed by atoms with E-state index in [1.165, 1.54) is 0 Å². The Morgan fingerprint density at radius 3 is 1.75 bits per heavy atom. The van der Waals surface area contributed by atoms with Gasteiger partial charge in [0, 0.05) is 5.02 Å². The molecule has 0 aliphatic carbocycles. The third-order valence-corrected chi connectivity index (χ3v) is 0.985. The maximum Gasteiger partial charge on any atom is 0.0405 e. The molecule has 0 nitrogen and oxygen atoms in total. The Balaban J connectivity index is 0.000000490. The molecule has 0 heterocycles. The second-order valence-electron chi connectivity index (χ2n) is 1.30. The zero-order chi connectivity index (χ0) is 5.11. The fourth-order valence-electron chi connectivity index (χ4n) is 0.415. The van der Waals surface area contributed by atoms with E-state index in [1.807, 2.05) is 30.3 Å². The second-order valence-corrected chi connectivity index (χ2v) is 1.73. The van der Waals surface area contributed by atoms with Crippen LogP contribution < -0.4 is 0 Å². The Labute approximate surface area is 60.9 Å². The van der Waals surface area contributed by atoms with Gasteiger partial charge in [-0.1, -0.05) is 29.8 Å². The molecule has 0 saturated heterocycles. The van der Waals surface area contributed by atoms with Gasteiger partial charge in [-0.25, -0.2) is 0 Å². The fraction of sp³-hybridized carbons (Fsp3) is 0. The lowest BCUT2D eigenvalue weighted by Gasteiger charge is -1.80. The van der Waals surface area contributed by atoms with Gasteiger partial charge in [-0.05, 0) is 12.1 Å². The minimum absolute atomic E-state index is 0. The minimum atomic E-state index is 0. The standard InChI is InChI=1S/C6H5Cl.H2S/c7-6-4-2-1-3-5-6;/h1-5H;1H2. The molecule has 1 aromatic carbocycles. The number of halogens is 1. The topological polar surface area (TPSA) is 0 Å². The van der Waals surface area contributed by atoms with Gasteiger partial charge in [-0.15, -0.1) is 0 Å². The van der Waals surface area contributed by atoms with Crippen LogP contribution in [0, 0.1) is 0 Å². The number of hydrogen-bond acceptors (Lipinski definition) is 0. The van der Waals surface area contributed by atoms with Crippen molar-refractivity contribution < 1.29 is 0 Å². The molecule has 0 aromatic heterocycles. The highest BCUT2D eigenvalue weighted by Gasteiger charge is 1.74. The van der Waals surface area contributed by atoms with E-state index < -0.39 is 0 Å². The molecule has 0 aliphatic rings. The molecule has 0 atom stereocenters. The summed E-state index contributed by atoms with van der Waals surface area (Å²) < 4.78 is 0. The van der Waals surface area contributed by atoms with E-state index in [4.69, 9.17) is 11.6 Å². The second kappa shape index (κ2) is 3.81. The van der Waals surface area contributed by atoms with Crippen LogP contribution in [0.15, 0.2) is 30.3 Å². The van der Waals surface area contributed by atoms with Gasteiger partial charge < -0.3 is 0 Å². The Hall–Kier alpha value is -0.140. The van der Waals surface area contributed by atoms with Crippen LogP contribution in [0.5, 0.6) is 0 Å². The van der Waals surface area contributed by atoms with E-state index in [1.54, 1.807) is 0 Å². The van der Waals surface area contributed by atoms with Crippen LogP contribution in [-0.4, -0.2) is 0 Å². The fourth-order valence-corrected chi connectivity index (χ4v) is 0.560. The first-order chi connectivity index (χ1) is 3.39. The summed E-state index contributed by atoms with van der Waals surface area (Å²) in [5, 5.41) is 0.794. The lowest BCUT2D eigenvalue weighted by molar-refractivity contribution is 1.71. The van der Waals surface area contributed by atoms with E-state index in [0.29, 0.717) is 0 Å². The molecular weight excluding hydrogens is 140 g/mol.